The quantitative estimate of drug-likeness (QED) is 0.572. The molecular formula is C22H26O3. The molecule has 0 aliphatic heterocycles. The molecule has 0 heterocycles. The second-order valence-corrected chi connectivity index (χ2v) is 7.12. The van der Waals surface area contributed by atoms with E-state index in [4.69, 9.17) is 4.74 Å². The molecule has 132 valence electrons. The van der Waals surface area contributed by atoms with Gasteiger partial charge in [0.1, 0.15) is 6.61 Å². The standard InChI is InChI=1S/C22H26O3/c1-17-8-7-9-18(12-14-22(2,3)15-13-20(17)23)16-25-21(24)19-10-5-4-6-11-19/h4-6,8,10-13,15H,7,9,14,16H2,1-3H3/b15-13-,17-8-,18-12+. The normalized spacial score (nSPS) is 23.4. The van der Waals surface area contributed by atoms with Gasteiger partial charge in [-0.25, -0.2) is 4.79 Å². The van der Waals surface area contributed by atoms with Gasteiger partial charge in [0, 0.05) is 0 Å². The first kappa shape index (κ1) is 18.9. The maximum absolute atomic E-state index is 12.1. The number of carbonyl (C=O) groups excluding carboxylic acids is 2. The first-order chi connectivity index (χ1) is 11.9. The van der Waals surface area contributed by atoms with Gasteiger partial charge < -0.3 is 4.74 Å². The van der Waals surface area contributed by atoms with Crippen LogP contribution in [0.2, 0.25) is 0 Å². The minimum Gasteiger partial charge on any atom is -0.458 e. The van der Waals surface area contributed by atoms with Crippen LogP contribution in [0.3, 0.4) is 0 Å². The summed E-state index contributed by atoms with van der Waals surface area (Å²) in [5.41, 5.74) is 2.29. The highest BCUT2D eigenvalue weighted by Gasteiger charge is 2.15. The van der Waals surface area contributed by atoms with E-state index in [-0.39, 0.29) is 23.8 Å². The van der Waals surface area contributed by atoms with Crippen LogP contribution in [0.15, 0.2) is 65.8 Å². The highest BCUT2D eigenvalue weighted by atomic mass is 16.5. The molecule has 0 radical (unpaired) electrons. The van der Waals surface area contributed by atoms with E-state index in [0.717, 1.165) is 30.4 Å². The number of hydrogen-bond acceptors (Lipinski definition) is 3. The molecule has 1 aromatic rings. The van der Waals surface area contributed by atoms with E-state index in [1.165, 1.54) is 0 Å². The predicted molar refractivity (Wildman–Crippen MR) is 100 cm³/mol. The molecule has 0 aromatic heterocycles. The van der Waals surface area contributed by atoms with Crippen molar-refractivity contribution < 1.29 is 14.3 Å². The zero-order valence-electron chi connectivity index (χ0n) is 15.2. The summed E-state index contributed by atoms with van der Waals surface area (Å²) < 4.78 is 5.47. The van der Waals surface area contributed by atoms with Gasteiger partial charge in [-0.2, -0.15) is 0 Å². The number of hydrogen-bond donors (Lipinski definition) is 0. The van der Waals surface area contributed by atoms with Crippen LogP contribution in [-0.4, -0.2) is 18.4 Å². The lowest BCUT2D eigenvalue weighted by molar-refractivity contribution is -0.111. The third-order valence-corrected chi connectivity index (χ3v) is 4.31. The fourth-order valence-corrected chi connectivity index (χ4v) is 2.53. The van der Waals surface area contributed by atoms with Crippen LogP contribution in [-0.2, 0) is 9.53 Å². The van der Waals surface area contributed by atoms with Gasteiger partial charge in [-0.05, 0) is 61.0 Å². The summed E-state index contributed by atoms with van der Waals surface area (Å²) in [4.78, 5) is 24.2. The molecule has 0 fully saturated rings. The van der Waals surface area contributed by atoms with E-state index in [1.807, 2.05) is 37.3 Å². The lowest BCUT2D eigenvalue weighted by atomic mass is 9.87. The maximum Gasteiger partial charge on any atom is 0.338 e. The average Bonchev–Trinajstić information content (AvgIpc) is 2.63. The first-order valence-electron chi connectivity index (χ1n) is 8.68. The van der Waals surface area contributed by atoms with Gasteiger partial charge in [-0.1, -0.05) is 50.3 Å². The van der Waals surface area contributed by atoms with Gasteiger partial charge in [0.15, 0.2) is 5.78 Å². The molecule has 0 N–H and O–H groups in total. The summed E-state index contributed by atoms with van der Waals surface area (Å²) in [7, 11) is 0. The Kier molecular flexibility index (Phi) is 6.51. The first-order valence-corrected chi connectivity index (χ1v) is 8.68. The monoisotopic (exact) mass is 338 g/mol. The van der Waals surface area contributed by atoms with Crippen LogP contribution in [0.5, 0.6) is 0 Å². The molecule has 3 nitrogen and oxygen atoms in total. The highest BCUT2D eigenvalue weighted by Crippen LogP contribution is 2.25. The Labute approximate surface area is 150 Å². The van der Waals surface area contributed by atoms with Gasteiger partial charge in [-0.3, -0.25) is 4.79 Å². The minimum atomic E-state index is -0.308. The maximum atomic E-state index is 12.1. The molecule has 0 unspecified atom stereocenters. The molecular weight excluding hydrogens is 312 g/mol. The van der Waals surface area contributed by atoms with Crippen molar-refractivity contribution in [3.63, 3.8) is 0 Å². The second-order valence-electron chi connectivity index (χ2n) is 7.12. The van der Waals surface area contributed by atoms with Crippen molar-refractivity contribution in [2.75, 3.05) is 6.61 Å². The summed E-state index contributed by atoms with van der Waals surface area (Å²) >= 11 is 0. The Morgan fingerprint density at radius 3 is 2.60 bits per heavy atom. The SMILES string of the molecule is C/C1=C/CC/C(COC(=O)c2ccccc2)=C\CC(C)(C)/C=C\C1=O. The smallest absolute Gasteiger partial charge is 0.338 e. The molecule has 25 heavy (non-hydrogen) atoms. The topological polar surface area (TPSA) is 43.4 Å². The van der Waals surface area contributed by atoms with E-state index in [0.29, 0.717) is 5.56 Å². The summed E-state index contributed by atoms with van der Waals surface area (Å²) in [5.74, 6) is -0.246. The number of rotatable bonds is 3. The molecule has 1 aliphatic carbocycles. The largest absolute Gasteiger partial charge is 0.458 e. The third kappa shape index (κ3) is 6.18. The van der Waals surface area contributed by atoms with E-state index in [2.05, 4.69) is 19.9 Å². The number of esters is 1. The fourth-order valence-electron chi connectivity index (χ4n) is 2.53. The lowest BCUT2D eigenvalue weighted by Gasteiger charge is -2.18. The van der Waals surface area contributed by atoms with Gasteiger partial charge in [-0.15, -0.1) is 0 Å². The van der Waals surface area contributed by atoms with Crippen LogP contribution >= 0.6 is 0 Å². The van der Waals surface area contributed by atoms with Crippen LogP contribution in [0, 0.1) is 5.41 Å². The van der Waals surface area contributed by atoms with Crippen molar-refractivity contribution >= 4 is 11.8 Å². The highest BCUT2D eigenvalue weighted by molar-refractivity contribution is 6.03. The van der Waals surface area contributed by atoms with Gasteiger partial charge >= 0.3 is 5.97 Å². The van der Waals surface area contributed by atoms with Gasteiger partial charge in [0.05, 0.1) is 5.56 Å². The van der Waals surface area contributed by atoms with E-state index < -0.39 is 0 Å². The Morgan fingerprint density at radius 1 is 1.16 bits per heavy atom. The fraction of sp³-hybridized carbons (Fsp3) is 0.364. The Balaban J connectivity index is 2.08. The molecule has 0 amide bonds. The van der Waals surface area contributed by atoms with Crippen LogP contribution < -0.4 is 0 Å². The summed E-state index contributed by atoms with van der Waals surface area (Å²) in [6.07, 6.45) is 10.1. The van der Waals surface area contributed by atoms with Crippen LogP contribution in [0.4, 0.5) is 0 Å². The molecule has 0 saturated carbocycles. The van der Waals surface area contributed by atoms with Crippen molar-refractivity contribution in [1.29, 1.82) is 0 Å². The van der Waals surface area contributed by atoms with Crippen molar-refractivity contribution in [3.05, 3.63) is 71.3 Å². The minimum absolute atomic E-state index is 0.0621. The lowest BCUT2D eigenvalue weighted by Crippen LogP contribution is -2.10. The summed E-state index contributed by atoms with van der Waals surface area (Å²) in [5, 5.41) is 0. The number of benzene rings is 1. The Hall–Kier alpha value is -2.42. The van der Waals surface area contributed by atoms with Crippen molar-refractivity contribution in [2.45, 2.75) is 40.0 Å². The van der Waals surface area contributed by atoms with Crippen LogP contribution in [0.1, 0.15) is 50.4 Å². The third-order valence-electron chi connectivity index (χ3n) is 4.31. The van der Waals surface area contributed by atoms with Gasteiger partial charge in [0.2, 0.25) is 0 Å². The molecule has 0 spiro atoms. The number of ketones is 1. The zero-order chi connectivity index (χ0) is 18.3. The molecule has 0 saturated heterocycles. The number of allylic oxidation sites excluding steroid dienone is 5. The van der Waals surface area contributed by atoms with Crippen LogP contribution in [0.25, 0.3) is 0 Å². The van der Waals surface area contributed by atoms with E-state index in [9.17, 15) is 9.59 Å². The Bertz CT molecular complexity index is 706. The zero-order valence-corrected chi connectivity index (χ0v) is 15.2. The van der Waals surface area contributed by atoms with Gasteiger partial charge in [0.25, 0.3) is 0 Å². The number of carbonyl (C=O) groups is 2. The number of ether oxygens (including phenoxy) is 1. The molecule has 2 rings (SSSR count). The van der Waals surface area contributed by atoms with Crippen molar-refractivity contribution in [3.8, 4) is 0 Å². The van der Waals surface area contributed by atoms with E-state index >= 15 is 0 Å². The molecule has 1 aromatic carbocycles. The van der Waals surface area contributed by atoms with Crippen molar-refractivity contribution in [2.24, 2.45) is 5.41 Å². The summed E-state index contributed by atoms with van der Waals surface area (Å²) in [6, 6.07) is 9.01. The van der Waals surface area contributed by atoms with E-state index in [1.54, 1.807) is 18.2 Å². The molecule has 1 aliphatic rings. The second kappa shape index (κ2) is 8.61. The van der Waals surface area contributed by atoms with Crippen molar-refractivity contribution in [1.82, 2.24) is 0 Å². The molecule has 0 bridgehead atoms. The average molecular weight is 338 g/mol. The molecule has 3 heteroatoms. The summed E-state index contributed by atoms with van der Waals surface area (Å²) in [6.45, 7) is 6.32. The molecule has 0 atom stereocenters. The Morgan fingerprint density at radius 2 is 1.88 bits per heavy atom. The predicted octanol–water partition coefficient (Wildman–Crippen LogP) is 5.05.